The summed E-state index contributed by atoms with van der Waals surface area (Å²) < 4.78 is 5.85. The highest BCUT2D eigenvalue weighted by Gasteiger charge is 2.08. The third-order valence-electron chi connectivity index (χ3n) is 3.93. The van der Waals surface area contributed by atoms with Crippen LogP contribution < -0.4 is 0 Å². The predicted octanol–water partition coefficient (Wildman–Crippen LogP) is 6.36. The minimum Gasteiger partial charge on any atom is -0.381 e. The van der Waals surface area contributed by atoms with E-state index in [1.165, 1.54) is 77.0 Å². The number of hydrogen-bond acceptors (Lipinski definition) is 1. The van der Waals surface area contributed by atoms with Crippen LogP contribution in [0.3, 0.4) is 0 Å². The van der Waals surface area contributed by atoms with Gasteiger partial charge in [-0.3, -0.25) is 0 Å². The van der Waals surface area contributed by atoms with Crippen molar-refractivity contribution in [1.82, 2.24) is 0 Å². The molecule has 1 heteroatoms. The maximum atomic E-state index is 5.85. The van der Waals surface area contributed by atoms with Gasteiger partial charge in [0.05, 0.1) is 0 Å². The fourth-order valence-electron chi connectivity index (χ4n) is 2.53. The van der Waals surface area contributed by atoms with Gasteiger partial charge >= 0.3 is 0 Å². The Balaban J connectivity index is 3.63. The van der Waals surface area contributed by atoms with E-state index in [9.17, 15) is 0 Å². The van der Waals surface area contributed by atoms with E-state index in [1.54, 1.807) is 0 Å². The smallest absolute Gasteiger partial charge is 0.0494 e. The molecular weight excluding hydrogens is 232 g/mol. The van der Waals surface area contributed by atoms with Gasteiger partial charge in [-0.2, -0.15) is 0 Å². The first-order valence-electron chi connectivity index (χ1n) is 8.92. The molecule has 0 aliphatic rings. The summed E-state index contributed by atoms with van der Waals surface area (Å²) in [4.78, 5) is 0. The van der Waals surface area contributed by atoms with Gasteiger partial charge in [0.25, 0.3) is 0 Å². The van der Waals surface area contributed by atoms with Crippen LogP contribution >= 0.6 is 0 Å². The SMILES string of the molecule is CCCCCCCC(CCCCC)COCCCC. The molecule has 0 bridgehead atoms. The molecule has 1 unspecified atom stereocenters. The van der Waals surface area contributed by atoms with Gasteiger partial charge in [-0.15, -0.1) is 0 Å². The molecule has 0 fully saturated rings. The van der Waals surface area contributed by atoms with Crippen molar-refractivity contribution in [2.75, 3.05) is 13.2 Å². The molecule has 1 nitrogen and oxygen atoms in total. The van der Waals surface area contributed by atoms with Crippen molar-refractivity contribution in [3.05, 3.63) is 0 Å². The average molecular weight is 271 g/mol. The fraction of sp³-hybridized carbons (Fsp3) is 1.00. The van der Waals surface area contributed by atoms with E-state index in [1.807, 2.05) is 0 Å². The van der Waals surface area contributed by atoms with E-state index < -0.39 is 0 Å². The molecule has 0 heterocycles. The number of hydrogen-bond donors (Lipinski definition) is 0. The quantitative estimate of drug-likeness (QED) is 0.315. The second kappa shape index (κ2) is 16.0. The molecule has 0 N–H and O–H groups in total. The molecule has 1 atom stereocenters. The van der Waals surface area contributed by atoms with Gasteiger partial charge in [0, 0.05) is 13.2 Å². The molecule has 0 amide bonds. The maximum Gasteiger partial charge on any atom is 0.0494 e. The predicted molar refractivity (Wildman–Crippen MR) is 86.7 cm³/mol. The van der Waals surface area contributed by atoms with Crippen molar-refractivity contribution >= 4 is 0 Å². The van der Waals surface area contributed by atoms with Gasteiger partial charge in [-0.05, 0) is 25.2 Å². The first-order valence-corrected chi connectivity index (χ1v) is 8.92. The van der Waals surface area contributed by atoms with Gasteiger partial charge in [-0.25, -0.2) is 0 Å². The van der Waals surface area contributed by atoms with Crippen LogP contribution in [0.2, 0.25) is 0 Å². The van der Waals surface area contributed by atoms with Crippen molar-refractivity contribution in [3.8, 4) is 0 Å². The van der Waals surface area contributed by atoms with Gasteiger partial charge in [0.15, 0.2) is 0 Å². The first-order chi connectivity index (χ1) is 9.35. The van der Waals surface area contributed by atoms with Crippen molar-refractivity contribution < 1.29 is 4.74 Å². The number of unbranched alkanes of at least 4 members (excludes halogenated alkanes) is 7. The van der Waals surface area contributed by atoms with Crippen LogP contribution in [0.4, 0.5) is 0 Å². The average Bonchev–Trinajstić information content (AvgIpc) is 2.42. The van der Waals surface area contributed by atoms with E-state index in [4.69, 9.17) is 4.74 Å². The van der Waals surface area contributed by atoms with Crippen molar-refractivity contribution in [2.45, 2.75) is 97.8 Å². The van der Waals surface area contributed by atoms with Crippen LogP contribution in [-0.2, 0) is 4.74 Å². The molecule has 0 aromatic carbocycles. The molecule has 0 radical (unpaired) electrons. The minimum absolute atomic E-state index is 0.824. The van der Waals surface area contributed by atoms with Crippen LogP contribution in [0.15, 0.2) is 0 Å². The number of ether oxygens (including phenoxy) is 1. The highest BCUT2D eigenvalue weighted by molar-refractivity contribution is 4.60. The molecule has 0 aliphatic carbocycles. The summed E-state index contributed by atoms with van der Waals surface area (Å²) in [5.41, 5.74) is 0. The monoisotopic (exact) mass is 270 g/mol. The summed E-state index contributed by atoms with van der Waals surface area (Å²) in [5.74, 6) is 0.824. The lowest BCUT2D eigenvalue weighted by atomic mass is 9.95. The largest absolute Gasteiger partial charge is 0.381 e. The Bertz CT molecular complexity index is 156. The fourth-order valence-corrected chi connectivity index (χ4v) is 2.53. The Morgan fingerprint density at radius 1 is 0.632 bits per heavy atom. The normalized spacial score (nSPS) is 12.8. The zero-order valence-electron chi connectivity index (χ0n) is 13.9. The summed E-state index contributed by atoms with van der Waals surface area (Å²) in [6.45, 7) is 8.79. The highest BCUT2D eigenvalue weighted by Crippen LogP contribution is 2.18. The lowest BCUT2D eigenvalue weighted by Crippen LogP contribution is -2.11. The van der Waals surface area contributed by atoms with Crippen molar-refractivity contribution in [2.24, 2.45) is 5.92 Å². The summed E-state index contributed by atoms with van der Waals surface area (Å²) in [5, 5.41) is 0. The van der Waals surface area contributed by atoms with Gasteiger partial charge in [0.1, 0.15) is 0 Å². The van der Waals surface area contributed by atoms with E-state index in [2.05, 4.69) is 20.8 Å². The Hall–Kier alpha value is -0.0400. The Labute approximate surface area is 122 Å². The Morgan fingerprint density at radius 3 is 1.79 bits per heavy atom. The molecule has 0 aromatic rings. The van der Waals surface area contributed by atoms with Crippen molar-refractivity contribution in [3.63, 3.8) is 0 Å². The van der Waals surface area contributed by atoms with Gasteiger partial charge in [-0.1, -0.05) is 78.6 Å². The lowest BCUT2D eigenvalue weighted by molar-refractivity contribution is 0.0889. The van der Waals surface area contributed by atoms with Crippen LogP contribution in [0.5, 0.6) is 0 Å². The van der Waals surface area contributed by atoms with Gasteiger partial charge in [0.2, 0.25) is 0 Å². The third kappa shape index (κ3) is 14.2. The maximum absolute atomic E-state index is 5.85. The summed E-state index contributed by atoms with van der Waals surface area (Å²) in [6, 6.07) is 0. The summed E-state index contributed by atoms with van der Waals surface area (Å²) in [6.07, 6.45) is 16.4. The summed E-state index contributed by atoms with van der Waals surface area (Å²) >= 11 is 0. The van der Waals surface area contributed by atoms with E-state index >= 15 is 0 Å². The molecule has 0 aliphatic heterocycles. The zero-order chi connectivity index (χ0) is 14.2. The Morgan fingerprint density at radius 2 is 1.16 bits per heavy atom. The van der Waals surface area contributed by atoms with Crippen LogP contribution in [0.25, 0.3) is 0 Å². The minimum atomic E-state index is 0.824. The molecule has 19 heavy (non-hydrogen) atoms. The van der Waals surface area contributed by atoms with Crippen LogP contribution in [0, 0.1) is 5.92 Å². The van der Waals surface area contributed by atoms with E-state index in [0.717, 1.165) is 19.1 Å². The van der Waals surface area contributed by atoms with Crippen molar-refractivity contribution in [1.29, 1.82) is 0 Å². The number of rotatable bonds is 15. The molecule has 0 rings (SSSR count). The second-order valence-electron chi connectivity index (χ2n) is 5.99. The second-order valence-corrected chi connectivity index (χ2v) is 5.99. The standard InChI is InChI=1S/C18H38O/c1-4-7-10-11-13-15-18(14-12-8-5-2)17-19-16-9-6-3/h18H,4-17H2,1-3H3. The topological polar surface area (TPSA) is 9.23 Å². The van der Waals surface area contributed by atoms with Gasteiger partial charge < -0.3 is 4.74 Å². The summed E-state index contributed by atoms with van der Waals surface area (Å²) in [7, 11) is 0. The van der Waals surface area contributed by atoms with Crippen LogP contribution in [0.1, 0.15) is 97.8 Å². The zero-order valence-corrected chi connectivity index (χ0v) is 13.9. The van der Waals surface area contributed by atoms with E-state index in [-0.39, 0.29) is 0 Å². The third-order valence-corrected chi connectivity index (χ3v) is 3.93. The van der Waals surface area contributed by atoms with E-state index in [0.29, 0.717) is 0 Å². The lowest BCUT2D eigenvalue weighted by Gasteiger charge is -2.17. The Kier molecular flexibility index (Phi) is 16.0. The molecule has 0 spiro atoms. The molecule has 0 saturated carbocycles. The molecular formula is C18H38O. The van der Waals surface area contributed by atoms with Crippen LogP contribution in [-0.4, -0.2) is 13.2 Å². The highest BCUT2D eigenvalue weighted by atomic mass is 16.5. The molecule has 116 valence electrons. The first kappa shape index (κ1) is 19.0. The molecule has 0 saturated heterocycles. The molecule has 0 aromatic heterocycles.